The monoisotopic (exact) mass is 496 g/mol. The number of nitro benzene ring substituents is 1. The highest BCUT2D eigenvalue weighted by Crippen LogP contribution is 2.31. The lowest BCUT2D eigenvalue weighted by Crippen LogP contribution is -2.19. The first-order valence-electron chi connectivity index (χ1n) is 9.31. The molecule has 1 aliphatic heterocycles. The first-order valence-corrected chi connectivity index (χ1v) is 10.9. The van der Waals surface area contributed by atoms with Gasteiger partial charge in [-0.05, 0) is 73.6 Å². The lowest BCUT2D eigenvalue weighted by Gasteiger charge is -2.09. The minimum atomic E-state index is -0.410. The molecule has 0 saturated carbocycles. The van der Waals surface area contributed by atoms with Crippen LogP contribution in [0.5, 0.6) is 0 Å². The Balaban J connectivity index is 1.64. The van der Waals surface area contributed by atoms with Crippen LogP contribution in [-0.4, -0.2) is 20.6 Å². The average Bonchev–Trinajstić information content (AvgIpc) is 3.22. The fraction of sp³-hybridized carbons (Fsp3) is 0.0909. The molecule has 0 unspecified atom stereocenters. The third kappa shape index (κ3) is 4.47. The van der Waals surface area contributed by atoms with Gasteiger partial charge in [-0.3, -0.25) is 14.9 Å². The Hall–Kier alpha value is -3.17. The minimum absolute atomic E-state index is 0.0319. The maximum absolute atomic E-state index is 12.5. The van der Waals surface area contributed by atoms with Gasteiger partial charge in [-0.25, -0.2) is 4.99 Å². The molecule has 1 amide bonds. The molecule has 1 N–H and O–H groups in total. The van der Waals surface area contributed by atoms with Gasteiger partial charge in [0.1, 0.15) is 0 Å². The van der Waals surface area contributed by atoms with Crippen molar-refractivity contribution in [2.24, 2.45) is 4.99 Å². The number of carbonyl (C=O) groups excluding carboxylic acids is 1. The van der Waals surface area contributed by atoms with Crippen LogP contribution in [0.25, 0.3) is 11.8 Å². The number of hydrogen-bond donors (Lipinski definition) is 1. The van der Waals surface area contributed by atoms with Crippen LogP contribution in [0.2, 0.25) is 0 Å². The van der Waals surface area contributed by atoms with E-state index in [0.717, 1.165) is 27.1 Å². The van der Waals surface area contributed by atoms with E-state index in [4.69, 9.17) is 0 Å². The number of hydrogen-bond acceptors (Lipinski definition) is 5. The zero-order valence-electron chi connectivity index (χ0n) is 16.6. The number of benzene rings is 2. The molecule has 9 heteroatoms. The van der Waals surface area contributed by atoms with Crippen molar-refractivity contribution >= 4 is 56.2 Å². The molecule has 0 radical (unpaired) electrons. The molecular weight excluding hydrogens is 480 g/mol. The summed E-state index contributed by atoms with van der Waals surface area (Å²) in [6, 6.07) is 15.9. The van der Waals surface area contributed by atoms with Crippen molar-refractivity contribution in [3.63, 3.8) is 0 Å². The maximum atomic E-state index is 12.5. The van der Waals surface area contributed by atoms with Crippen LogP contribution in [0.4, 0.5) is 11.4 Å². The highest BCUT2D eigenvalue weighted by molar-refractivity contribution is 9.10. The Bertz CT molecular complexity index is 1260. The van der Waals surface area contributed by atoms with Crippen LogP contribution in [0.1, 0.15) is 17.0 Å². The van der Waals surface area contributed by atoms with E-state index in [-0.39, 0.29) is 11.6 Å². The second-order valence-corrected chi connectivity index (χ2v) is 8.84. The van der Waals surface area contributed by atoms with Gasteiger partial charge in [0.2, 0.25) is 0 Å². The first-order chi connectivity index (χ1) is 14.8. The highest BCUT2D eigenvalue weighted by Gasteiger charge is 2.24. The van der Waals surface area contributed by atoms with Crippen molar-refractivity contribution in [2.45, 2.75) is 13.8 Å². The highest BCUT2D eigenvalue weighted by atomic mass is 79.9. The van der Waals surface area contributed by atoms with Crippen molar-refractivity contribution in [3.8, 4) is 5.69 Å². The first kappa shape index (κ1) is 21.1. The summed E-state index contributed by atoms with van der Waals surface area (Å²) in [5.41, 5.74) is 4.15. The van der Waals surface area contributed by atoms with E-state index in [9.17, 15) is 14.9 Å². The van der Waals surface area contributed by atoms with E-state index in [1.807, 2.05) is 60.9 Å². The van der Waals surface area contributed by atoms with Crippen LogP contribution < -0.4 is 5.32 Å². The number of amidine groups is 1. The third-order valence-electron chi connectivity index (χ3n) is 4.76. The van der Waals surface area contributed by atoms with E-state index < -0.39 is 4.92 Å². The van der Waals surface area contributed by atoms with Gasteiger partial charge in [0.15, 0.2) is 5.17 Å². The van der Waals surface area contributed by atoms with E-state index >= 15 is 0 Å². The van der Waals surface area contributed by atoms with Crippen LogP contribution in [0.3, 0.4) is 0 Å². The number of non-ortho nitro benzene ring substituents is 1. The number of aromatic nitrogens is 1. The number of halogens is 1. The number of aliphatic imine (C=N–C) groups is 1. The summed E-state index contributed by atoms with van der Waals surface area (Å²) >= 11 is 4.67. The number of nitro groups is 1. The predicted molar refractivity (Wildman–Crippen MR) is 127 cm³/mol. The molecule has 156 valence electrons. The summed E-state index contributed by atoms with van der Waals surface area (Å²) in [6.07, 6.45) is 1.82. The Morgan fingerprint density at radius 3 is 2.61 bits per heavy atom. The lowest BCUT2D eigenvalue weighted by atomic mass is 10.2. The minimum Gasteiger partial charge on any atom is -0.318 e. The SMILES string of the molecule is Cc1cc(C=C2SC(=Nc3ccc(Br)cc3)NC2=O)c(C)n1-c1cccc([N+](=O)[O-])c1. The van der Waals surface area contributed by atoms with Crippen molar-refractivity contribution in [1.82, 2.24) is 9.88 Å². The normalized spacial score (nSPS) is 16.2. The van der Waals surface area contributed by atoms with Gasteiger partial charge in [-0.1, -0.05) is 22.0 Å². The van der Waals surface area contributed by atoms with Gasteiger partial charge in [0.25, 0.3) is 11.6 Å². The summed E-state index contributed by atoms with van der Waals surface area (Å²) in [5.74, 6) is -0.207. The molecule has 1 aromatic heterocycles. The van der Waals surface area contributed by atoms with Crippen LogP contribution in [0, 0.1) is 24.0 Å². The molecule has 4 rings (SSSR count). The molecule has 1 fully saturated rings. The second kappa shape index (κ2) is 8.52. The zero-order valence-corrected chi connectivity index (χ0v) is 19.0. The molecule has 1 saturated heterocycles. The Morgan fingerprint density at radius 1 is 1.16 bits per heavy atom. The zero-order chi connectivity index (χ0) is 22.1. The second-order valence-electron chi connectivity index (χ2n) is 6.90. The fourth-order valence-corrected chi connectivity index (χ4v) is 4.43. The summed E-state index contributed by atoms with van der Waals surface area (Å²) in [5, 5.41) is 14.4. The Kier molecular flexibility index (Phi) is 5.79. The summed E-state index contributed by atoms with van der Waals surface area (Å²) < 4.78 is 2.90. The average molecular weight is 497 g/mol. The van der Waals surface area contributed by atoms with Crippen molar-refractivity contribution in [1.29, 1.82) is 0 Å². The number of thioether (sulfide) groups is 1. The fourth-order valence-electron chi connectivity index (χ4n) is 3.33. The number of amides is 1. The number of nitrogens with one attached hydrogen (secondary N) is 1. The summed E-state index contributed by atoms with van der Waals surface area (Å²) in [7, 11) is 0. The maximum Gasteiger partial charge on any atom is 0.271 e. The molecule has 1 aliphatic rings. The van der Waals surface area contributed by atoms with Crippen molar-refractivity contribution in [2.75, 3.05) is 0 Å². The van der Waals surface area contributed by atoms with Crippen LogP contribution in [-0.2, 0) is 4.79 Å². The number of rotatable bonds is 4. The van der Waals surface area contributed by atoms with E-state index in [2.05, 4.69) is 26.2 Å². The third-order valence-corrected chi connectivity index (χ3v) is 6.20. The lowest BCUT2D eigenvalue weighted by molar-refractivity contribution is -0.384. The van der Waals surface area contributed by atoms with Crippen molar-refractivity contribution < 1.29 is 9.72 Å². The predicted octanol–water partition coefficient (Wildman–Crippen LogP) is 5.66. The molecule has 0 spiro atoms. The molecular formula is C22H17BrN4O3S. The molecule has 0 atom stereocenters. The number of nitrogens with zero attached hydrogens (tertiary/aromatic N) is 3. The van der Waals surface area contributed by atoms with Gasteiger partial charge in [0.05, 0.1) is 21.2 Å². The molecule has 2 heterocycles. The topological polar surface area (TPSA) is 89.5 Å². The molecule has 3 aromatic rings. The van der Waals surface area contributed by atoms with Crippen LogP contribution in [0.15, 0.2) is 69.0 Å². The van der Waals surface area contributed by atoms with Gasteiger partial charge in [0, 0.05) is 28.0 Å². The largest absolute Gasteiger partial charge is 0.318 e. The molecule has 0 aliphatic carbocycles. The summed E-state index contributed by atoms with van der Waals surface area (Å²) in [6.45, 7) is 3.85. The molecule has 2 aromatic carbocycles. The van der Waals surface area contributed by atoms with E-state index in [1.165, 1.54) is 23.9 Å². The summed E-state index contributed by atoms with van der Waals surface area (Å²) in [4.78, 5) is 28.2. The smallest absolute Gasteiger partial charge is 0.271 e. The Labute approximate surface area is 191 Å². The van der Waals surface area contributed by atoms with Gasteiger partial charge in [-0.2, -0.15) is 0 Å². The molecule has 31 heavy (non-hydrogen) atoms. The standard InChI is InChI=1S/C22H17BrN4O3S/c1-13-10-15(14(2)26(13)18-4-3-5-19(12-18)27(29)30)11-20-21(28)25-22(31-20)24-17-8-6-16(23)7-9-17/h3-12H,1-2H3,(H,24,25,28). The molecule has 0 bridgehead atoms. The number of aryl methyl sites for hydroxylation is 1. The van der Waals surface area contributed by atoms with E-state index in [0.29, 0.717) is 15.8 Å². The molecule has 7 nitrogen and oxygen atoms in total. The quantitative estimate of drug-likeness (QED) is 0.286. The number of carbonyl (C=O) groups is 1. The van der Waals surface area contributed by atoms with Gasteiger partial charge in [-0.15, -0.1) is 0 Å². The Morgan fingerprint density at radius 2 is 1.90 bits per heavy atom. The van der Waals surface area contributed by atoms with Crippen molar-refractivity contribution in [3.05, 3.63) is 91.0 Å². The van der Waals surface area contributed by atoms with Gasteiger partial charge < -0.3 is 9.88 Å². The van der Waals surface area contributed by atoms with Gasteiger partial charge >= 0.3 is 0 Å². The van der Waals surface area contributed by atoms with Crippen LogP contribution >= 0.6 is 27.7 Å². The van der Waals surface area contributed by atoms with E-state index in [1.54, 1.807) is 6.07 Å².